The molecule has 1 amide bonds. The van der Waals surface area contributed by atoms with Gasteiger partial charge in [-0.3, -0.25) is 4.79 Å². The van der Waals surface area contributed by atoms with Gasteiger partial charge in [-0.1, -0.05) is 0 Å². The van der Waals surface area contributed by atoms with Gasteiger partial charge in [0, 0.05) is 24.8 Å². The first kappa shape index (κ1) is 12.4. The molecular formula is C14H20N4O. The van der Waals surface area contributed by atoms with Crippen molar-refractivity contribution in [2.75, 3.05) is 18.4 Å². The molecule has 102 valence electrons. The van der Waals surface area contributed by atoms with Gasteiger partial charge in [-0.25, -0.2) is 4.98 Å². The van der Waals surface area contributed by atoms with E-state index in [0.29, 0.717) is 11.6 Å². The summed E-state index contributed by atoms with van der Waals surface area (Å²) >= 11 is 0. The smallest absolute Gasteiger partial charge is 0.250 e. The number of primary amides is 1. The molecule has 5 heteroatoms. The van der Waals surface area contributed by atoms with Gasteiger partial charge in [0.2, 0.25) is 5.91 Å². The second kappa shape index (κ2) is 5.17. The number of carbonyl (C=O) groups excluding carboxylic acids is 1. The molecule has 0 radical (unpaired) electrons. The Labute approximate surface area is 113 Å². The van der Waals surface area contributed by atoms with E-state index in [-0.39, 0.29) is 0 Å². The van der Waals surface area contributed by atoms with E-state index in [4.69, 9.17) is 5.73 Å². The van der Waals surface area contributed by atoms with Crippen molar-refractivity contribution in [1.82, 2.24) is 9.88 Å². The number of fused-ring (bicyclic) bond motifs is 1. The summed E-state index contributed by atoms with van der Waals surface area (Å²) in [6, 6.07) is 4.80. The second-order valence-electron chi connectivity index (χ2n) is 5.49. The van der Waals surface area contributed by atoms with E-state index < -0.39 is 5.91 Å². The van der Waals surface area contributed by atoms with Crippen LogP contribution in [0.2, 0.25) is 0 Å². The standard InChI is InChI=1S/C14H20N4O/c15-14(19)10-3-4-13(16-9-10)17-11-5-7-18-6-1-2-12(18)8-11/h3-4,9,11-12H,1-2,5-8H2,(H2,15,19)(H,16,17). The summed E-state index contributed by atoms with van der Waals surface area (Å²) < 4.78 is 0. The molecule has 3 heterocycles. The molecule has 2 fully saturated rings. The van der Waals surface area contributed by atoms with Gasteiger partial charge >= 0.3 is 0 Å². The molecule has 2 saturated heterocycles. The minimum Gasteiger partial charge on any atom is -0.367 e. The van der Waals surface area contributed by atoms with Crippen LogP contribution in [-0.2, 0) is 0 Å². The monoisotopic (exact) mass is 260 g/mol. The van der Waals surface area contributed by atoms with Crippen molar-refractivity contribution in [3.8, 4) is 0 Å². The van der Waals surface area contributed by atoms with Gasteiger partial charge in [0.05, 0.1) is 5.56 Å². The number of pyridine rings is 1. The summed E-state index contributed by atoms with van der Waals surface area (Å²) in [4.78, 5) is 17.8. The Hall–Kier alpha value is -1.62. The minimum absolute atomic E-state index is 0.432. The summed E-state index contributed by atoms with van der Waals surface area (Å²) in [6.07, 6.45) is 6.56. The van der Waals surface area contributed by atoms with Gasteiger partial charge in [-0.2, -0.15) is 0 Å². The predicted molar refractivity (Wildman–Crippen MR) is 74.0 cm³/mol. The Morgan fingerprint density at radius 1 is 1.37 bits per heavy atom. The van der Waals surface area contributed by atoms with Crippen LogP contribution in [0.3, 0.4) is 0 Å². The maximum Gasteiger partial charge on any atom is 0.250 e. The quantitative estimate of drug-likeness (QED) is 0.857. The number of amides is 1. The molecule has 0 spiro atoms. The Bertz CT molecular complexity index is 459. The third kappa shape index (κ3) is 2.71. The average Bonchev–Trinajstić information content (AvgIpc) is 2.87. The van der Waals surface area contributed by atoms with Gasteiger partial charge in [0.25, 0.3) is 0 Å². The molecule has 5 nitrogen and oxygen atoms in total. The van der Waals surface area contributed by atoms with E-state index in [0.717, 1.165) is 18.3 Å². The highest BCUT2D eigenvalue weighted by molar-refractivity contribution is 5.92. The largest absolute Gasteiger partial charge is 0.367 e. The molecule has 3 rings (SSSR count). The lowest BCUT2D eigenvalue weighted by molar-refractivity contribution is 0.1000. The van der Waals surface area contributed by atoms with Crippen molar-refractivity contribution in [3.63, 3.8) is 0 Å². The lowest BCUT2D eigenvalue weighted by Crippen LogP contribution is -2.42. The molecule has 0 aromatic carbocycles. The van der Waals surface area contributed by atoms with E-state index in [1.165, 1.54) is 38.5 Å². The third-order valence-electron chi connectivity index (χ3n) is 4.22. The van der Waals surface area contributed by atoms with Crippen molar-refractivity contribution in [1.29, 1.82) is 0 Å². The molecular weight excluding hydrogens is 240 g/mol. The normalized spacial score (nSPS) is 26.9. The first-order chi connectivity index (χ1) is 9.22. The molecule has 2 aliphatic rings. The lowest BCUT2D eigenvalue weighted by Gasteiger charge is -2.35. The van der Waals surface area contributed by atoms with Gasteiger partial charge < -0.3 is 16.0 Å². The van der Waals surface area contributed by atoms with Crippen LogP contribution in [0.4, 0.5) is 5.82 Å². The highest BCUT2D eigenvalue weighted by Gasteiger charge is 2.31. The van der Waals surface area contributed by atoms with Crippen molar-refractivity contribution in [2.24, 2.45) is 5.73 Å². The number of aromatic nitrogens is 1. The van der Waals surface area contributed by atoms with Gasteiger partial charge in [-0.15, -0.1) is 0 Å². The zero-order valence-corrected chi connectivity index (χ0v) is 11.0. The first-order valence-electron chi connectivity index (χ1n) is 6.99. The maximum atomic E-state index is 11.0. The predicted octanol–water partition coefficient (Wildman–Crippen LogP) is 1.22. The van der Waals surface area contributed by atoms with Crippen LogP contribution in [0.25, 0.3) is 0 Å². The third-order valence-corrected chi connectivity index (χ3v) is 4.22. The number of carbonyl (C=O) groups is 1. The van der Waals surface area contributed by atoms with Crippen molar-refractivity contribution in [2.45, 2.75) is 37.8 Å². The average molecular weight is 260 g/mol. The molecule has 0 aliphatic carbocycles. The molecule has 19 heavy (non-hydrogen) atoms. The van der Waals surface area contributed by atoms with E-state index >= 15 is 0 Å². The second-order valence-corrected chi connectivity index (χ2v) is 5.49. The number of hydrogen-bond acceptors (Lipinski definition) is 4. The summed E-state index contributed by atoms with van der Waals surface area (Å²) in [7, 11) is 0. The number of rotatable bonds is 3. The maximum absolute atomic E-state index is 11.0. The summed E-state index contributed by atoms with van der Waals surface area (Å²) in [5.41, 5.74) is 5.66. The fraction of sp³-hybridized carbons (Fsp3) is 0.571. The Kier molecular flexibility index (Phi) is 3.38. The molecule has 0 bridgehead atoms. The SMILES string of the molecule is NC(=O)c1ccc(NC2CCN3CCCC3C2)nc1. The Balaban J connectivity index is 1.60. The zero-order chi connectivity index (χ0) is 13.2. The molecule has 2 atom stereocenters. The minimum atomic E-state index is -0.432. The van der Waals surface area contributed by atoms with Crippen LogP contribution in [-0.4, -0.2) is 41.0 Å². The fourth-order valence-electron chi connectivity index (χ4n) is 3.19. The number of hydrogen-bond donors (Lipinski definition) is 2. The van der Waals surface area contributed by atoms with E-state index in [1.54, 1.807) is 6.07 Å². The van der Waals surface area contributed by atoms with Crippen LogP contribution in [0, 0.1) is 0 Å². The molecule has 3 N–H and O–H groups in total. The van der Waals surface area contributed by atoms with Gasteiger partial charge in [0.15, 0.2) is 0 Å². The van der Waals surface area contributed by atoms with E-state index in [2.05, 4.69) is 15.2 Å². The molecule has 1 aromatic heterocycles. The topological polar surface area (TPSA) is 71.2 Å². The van der Waals surface area contributed by atoms with Crippen LogP contribution >= 0.6 is 0 Å². The van der Waals surface area contributed by atoms with Crippen molar-refractivity contribution in [3.05, 3.63) is 23.9 Å². The van der Waals surface area contributed by atoms with Crippen LogP contribution in [0.1, 0.15) is 36.0 Å². The fourth-order valence-corrected chi connectivity index (χ4v) is 3.19. The highest BCUT2D eigenvalue weighted by Crippen LogP contribution is 2.28. The van der Waals surface area contributed by atoms with Crippen LogP contribution in [0.5, 0.6) is 0 Å². The summed E-state index contributed by atoms with van der Waals surface area (Å²) in [5, 5.41) is 3.47. The molecule has 2 aliphatic heterocycles. The van der Waals surface area contributed by atoms with Crippen molar-refractivity contribution >= 4 is 11.7 Å². The molecule has 1 aromatic rings. The zero-order valence-electron chi connectivity index (χ0n) is 11.0. The lowest BCUT2D eigenvalue weighted by atomic mass is 9.97. The van der Waals surface area contributed by atoms with Gasteiger partial charge in [0.1, 0.15) is 5.82 Å². The van der Waals surface area contributed by atoms with E-state index in [1.807, 2.05) is 6.07 Å². The summed E-state index contributed by atoms with van der Waals surface area (Å²) in [6.45, 7) is 2.45. The Morgan fingerprint density at radius 2 is 2.26 bits per heavy atom. The van der Waals surface area contributed by atoms with E-state index in [9.17, 15) is 4.79 Å². The van der Waals surface area contributed by atoms with Crippen LogP contribution in [0.15, 0.2) is 18.3 Å². The summed E-state index contributed by atoms with van der Waals surface area (Å²) in [5.74, 6) is 0.403. The van der Waals surface area contributed by atoms with Gasteiger partial charge in [-0.05, 0) is 44.4 Å². The number of nitrogens with one attached hydrogen (secondary N) is 1. The number of anilines is 1. The van der Waals surface area contributed by atoms with Crippen LogP contribution < -0.4 is 11.1 Å². The molecule has 2 unspecified atom stereocenters. The number of nitrogens with zero attached hydrogens (tertiary/aromatic N) is 2. The van der Waals surface area contributed by atoms with Crippen molar-refractivity contribution < 1.29 is 4.79 Å². The first-order valence-corrected chi connectivity index (χ1v) is 6.99. The number of piperidine rings is 1. The highest BCUT2D eigenvalue weighted by atomic mass is 16.1. The molecule has 0 saturated carbocycles. The number of nitrogens with two attached hydrogens (primary N) is 1. The Morgan fingerprint density at radius 3 is 3.00 bits per heavy atom.